The molecule has 7 nitrogen and oxygen atoms in total. The van der Waals surface area contributed by atoms with Crippen molar-refractivity contribution in [2.24, 2.45) is 0 Å². The van der Waals surface area contributed by atoms with Crippen LogP contribution in [0.4, 0.5) is 15.9 Å². The van der Waals surface area contributed by atoms with E-state index in [1.165, 1.54) is 24.5 Å². The Morgan fingerprint density at radius 2 is 2.03 bits per heavy atom. The summed E-state index contributed by atoms with van der Waals surface area (Å²) in [5.74, 6) is 0.714. The van der Waals surface area contributed by atoms with Gasteiger partial charge in [-0.3, -0.25) is 4.79 Å². The first-order chi connectivity index (χ1) is 17.3. The highest BCUT2D eigenvalue weighted by atomic mass is 35.5. The minimum absolute atomic E-state index is 0.0402. The van der Waals surface area contributed by atoms with Crippen LogP contribution in [-0.2, 0) is 4.79 Å². The van der Waals surface area contributed by atoms with Gasteiger partial charge in [0, 0.05) is 37.4 Å². The highest BCUT2D eigenvalue weighted by Crippen LogP contribution is 2.38. The third-order valence-electron chi connectivity index (χ3n) is 6.11. The van der Waals surface area contributed by atoms with Crippen molar-refractivity contribution in [1.29, 1.82) is 0 Å². The van der Waals surface area contributed by atoms with Crippen LogP contribution >= 0.6 is 23.2 Å². The van der Waals surface area contributed by atoms with Gasteiger partial charge in [-0.05, 0) is 37.6 Å². The van der Waals surface area contributed by atoms with Gasteiger partial charge in [0.15, 0.2) is 17.3 Å². The summed E-state index contributed by atoms with van der Waals surface area (Å²) in [6.45, 7) is 8.73. The number of halogens is 3. The van der Waals surface area contributed by atoms with Crippen LogP contribution in [0.2, 0.25) is 10.0 Å². The lowest BCUT2D eigenvalue weighted by Gasteiger charge is -2.32. The number of hydrogen-bond acceptors (Lipinski definition) is 6. The van der Waals surface area contributed by atoms with E-state index in [9.17, 15) is 9.18 Å². The van der Waals surface area contributed by atoms with Gasteiger partial charge < -0.3 is 19.7 Å². The minimum Gasteiger partial charge on any atom is -0.487 e. The predicted molar refractivity (Wildman–Crippen MR) is 140 cm³/mol. The summed E-state index contributed by atoms with van der Waals surface area (Å²) < 4.78 is 27.2. The van der Waals surface area contributed by atoms with Crippen molar-refractivity contribution < 1.29 is 18.7 Å². The fraction of sp³-hybridized carbons (Fsp3) is 0.346. The number of rotatable bonds is 8. The SMILES string of the molecule is C=CC(=O)N1CCC(Oc2cc3c(Nc4ccc(Cl)c(Cl)c4F)ncnc3cc2O[C@@H](C)CC)CC1. The van der Waals surface area contributed by atoms with Crippen LogP contribution in [0.5, 0.6) is 11.5 Å². The summed E-state index contributed by atoms with van der Waals surface area (Å²) in [7, 11) is 0. The monoisotopic (exact) mass is 532 g/mol. The lowest BCUT2D eigenvalue weighted by Crippen LogP contribution is -2.41. The Kier molecular flexibility index (Phi) is 8.16. The fourth-order valence-electron chi connectivity index (χ4n) is 3.90. The molecular weight excluding hydrogens is 506 g/mol. The first-order valence-electron chi connectivity index (χ1n) is 11.7. The van der Waals surface area contributed by atoms with Gasteiger partial charge in [-0.2, -0.15) is 0 Å². The van der Waals surface area contributed by atoms with Crippen molar-refractivity contribution in [2.45, 2.75) is 45.3 Å². The van der Waals surface area contributed by atoms with Gasteiger partial charge in [0.25, 0.3) is 0 Å². The standard InChI is InChI=1S/C26H27Cl2FN4O3/c1-4-15(3)35-22-13-20-17(12-21(22)36-16-8-10-33(11-9-16)23(34)5-2)26(31-14-30-20)32-19-7-6-18(27)24(28)25(19)29/h5-7,12-16H,2,4,8-11H2,1,3H3,(H,30,31,32)/t15-/m0/s1. The number of nitrogens with zero attached hydrogens (tertiary/aromatic N) is 3. The lowest BCUT2D eigenvalue weighted by molar-refractivity contribution is -0.127. The molecule has 0 radical (unpaired) electrons. The summed E-state index contributed by atoms with van der Waals surface area (Å²) in [6, 6.07) is 6.60. The zero-order valence-electron chi connectivity index (χ0n) is 20.1. The molecule has 0 bridgehead atoms. The average molecular weight is 533 g/mol. The number of fused-ring (bicyclic) bond motifs is 1. The molecule has 3 aromatic rings. The molecule has 0 aliphatic carbocycles. The molecule has 1 aliphatic heterocycles. The van der Waals surface area contributed by atoms with Gasteiger partial charge in [-0.25, -0.2) is 14.4 Å². The van der Waals surface area contributed by atoms with Crippen LogP contribution in [0.15, 0.2) is 43.2 Å². The molecule has 1 N–H and O–H groups in total. The van der Waals surface area contributed by atoms with E-state index in [0.717, 1.165) is 6.42 Å². The summed E-state index contributed by atoms with van der Waals surface area (Å²) in [5.41, 5.74) is 0.732. The average Bonchev–Trinajstić information content (AvgIpc) is 2.89. The molecule has 0 unspecified atom stereocenters. The van der Waals surface area contributed by atoms with E-state index in [1.54, 1.807) is 17.0 Å². The minimum atomic E-state index is -0.676. The maximum Gasteiger partial charge on any atom is 0.245 e. The van der Waals surface area contributed by atoms with E-state index in [-0.39, 0.29) is 33.8 Å². The fourth-order valence-corrected chi connectivity index (χ4v) is 4.21. The number of carbonyl (C=O) groups excluding carboxylic acids is 1. The Balaban J connectivity index is 1.67. The molecule has 1 aromatic heterocycles. The normalized spacial score (nSPS) is 15.0. The Labute approximate surface area is 219 Å². The highest BCUT2D eigenvalue weighted by Gasteiger charge is 2.25. The number of nitrogens with one attached hydrogen (secondary N) is 1. The van der Waals surface area contributed by atoms with Gasteiger partial charge in [-0.15, -0.1) is 0 Å². The molecule has 1 aliphatic rings. The number of anilines is 2. The molecule has 2 aromatic carbocycles. The number of amides is 1. The number of piperidine rings is 1. The van der Waals surface area contributed by atoms with Gasteiger partial charge in [0.05, 0.1) is 27.4 Å². The summed E-state index contributed by atoms with van der Waals surface area (Å²) in [6.07, 6.45) is 4.72. The molecule has 36 heavy (non-hydrogen) atoms. The van der Waals surface area contributed by atoms with Crippen LogP contribution in [0.25, 0.3) is 10.9 Å². The van der Waals surface area contributed by atoms with Crippen LogP contribution in [0.3, 0.4) is 0 Å². The molecule has 0 spiro atoms. The molecular formula is C26H27Cl2FN4O3. The van der Waals surface area contributed by atoms with E-state index in [1.807, 2.05) is 13.8 Å². The van der Waals surface area contributed by atoms with Gasteiger partial charge in [0.2, 0.25) is 5.91 Å². The molecule has 10 heteroatoms. The second kappa shape index (κ2) is 11.3. The second-order valence-electron chi connectivity index (χ2n) is 8.57. The summed E-state index contributed by atoms with van der Waals surface area (Å²) >= 11 is 11.9. The van der Waals surface area contributed by atoms with Gasteiger partial charge in [-0.1, -0.05) is 36.7 Å². The zero-order valence-corrected chi connectivity index (χ0v) is 21.6. The molecule has 0 saturated carbocycles. The Morgan fingerprint density at radius 3 is 2.72 bits per heavy atom. The van der Waals surface area contributed by atoms with Crippen molar-refractivity contribution in [3.05, 3.63) is 59.1 Å². The molecule has 1 fully saturated rings. The first kappa shape index (κ1) is 26.0. The van der Waals surface area contributed by atoms with Crippen LogP contribution in [0.1, 0.15) is 33.1 Å². The second-order valence-corrected chi connectivity index (χ2v) is 9.35. The number of hydrogen-bond donors (Lipinski definition) is 1. The third-order valence-corrected chi connectivity index (χ3v) is 6.90. The molecule has 1 amide bonds. The molecule has 190 valence electrons. The van der Waals surface area contributed by atoms with Crippen molar-refractivity contribution in [1.82, 2.24) is 14.9 Å². The lowest BCUT2D eigenvalue weighted by atomic mass is 10.1. The van der Waals surface area contributed by atoms with E-state index in [0.29, 0.717) is 54.2 Å². The maximum atomic E-state index is 14.7. The molecule has 2 heterocycles. The number of carbonyl (C=O) groups is 1. The molecule has 1 saturated heterocycles. The largest absolute Gasteiger partial charge is 0.487 e. The molecule has 1 atom stereocenters. The van der Waals surface area contributed by atoms with E-state index in [2.05, 4.69) is 21.9 Å². The Bertz CT molecular complexity index is 1280. The van der Waals surface area contributed by atoms with Gasteiger partial charge >= 0.3 is 0 Å². The van der Waals surface area contributed by atoms with Crippen molar-refractivity contribution in [2.75, 3.05) is 18.4 Å². The Morgan fingerprint density at radius 1 is 1.28 bits per heavy atom. The number of likely N-dealkylation sites (tertiary alicyclic amines) is 1. The van der Waals surface area contributed by atoms with Crippen molar-refractivity contribution in [3.63, 3.8) is 0 Å². The first-order valence-corrected chi connectivity index (χ1v) is 12.5. The van der Waals surface area contributed by atoms with E-state index < -0.39 is 5.82 Å². The summed E-state index contributed by atoms with van der Waals surface area (Å²) in [5, 5.41) is 3.56. The highest BCUT2D eigenvalue weighted by molar-refractivity contribution is 6.42. The third kappa shape index (κ3) is 5.65. The van der Waals surface area contributed by atoms with Crippen LogP contribution < -0.4 is 14.8 Å². The number of benzene rings is 2. The quantitative estimate of drug-likeness (QED) is 0.261. The number of ether oxygens (including phenoxy) is 2. The van der Waals surface area contributed by atoms with Crippen LogP contribution in [-0.4, -0.2) is 46.1 Å². The van der Waals surface area contributed by atoms with E-state index >= 15 is 0 Å². The smallest absolute Gasteiger partial charge is 0.245 e. The van der Waals surface area contributed by atoms with Crippen molar-refractivity contribution in [3.8, 4) is 11.5 Å². The predicted octanol–water partition coefficient (Wildman–Crippen LogP) is 6.55. The van der Waals surface area contributed by atoms with Gasteiger partial charge in [0.1, 0.15) is 18.2 Å². The number of aromatic nitrogens is 2. The Hall–Kier alpha value is -3.10. The molecule has 4 rings (SSSR count). The topological polar surface area (TPSA) is 76.6 Å². The maximum absolute atomic E-state index is 14.7. The summed E-state index contributed by atoms with van der Waals surface area (Å²) in [4.78, 5) is 22.4. The van der Waals surface area contributed by atoms with Crippen molar-refractivity contribution >= 4 is 51.5 Å². The van der Waals surface area contributed by atoms with Crippen LogP contribution in [0, 0.1) is 5.82 Å². The zero-order chi connectivity index (χ0) is 25.8. The van der Waals surface area contributed by atoms with E-state index in [4.69, 9.17) is 32.7 Å².